The van der Waals surface area contributed by atoms with Crippen LogP contribution in [0.1, 0.15) is 28.3 Å². The number of nitriles is 3. The van der Waals surface area contributed by atoms with E-state index in [0.29, 0.717) is 50.6 Å². The van der Waals surface area contributed by atoms with Crippen LogP contribution >= 0.6 is 72.6 Å². The summed E-state index contributed by atoms with van der Waals surface area (Å²) in [5, 5.41) is 75.1. The van der Waals surface area contributed by atoms with Crippen molar-refractivity contribution in [3.63, 3.8) is 0 Å². The minimum Gasteiger partial charge on any atom is -0.423 e. The molecule has 0 saturated carbocycles. The van der Waals surface area contributed by atoms with E-state index in [4.69, 9.17) is 71.3 Å². The Kier molecular flexibility index (Phi) is 31.4. The summed E-state index contributed by atoms with van der Waals surface area (Å²) in [7, 11) is -2.82. The second-order valence-corrected chi connectivity index (χ2v) is 21.5. The molecule has 11 aromatic rings. The van der Waals surface area contributed by atoms with E-state index >= 15 is 0 Å². The molecule has 4 heterocycles. The third-order valence-corrected chi connectivity index (χ3v) is 14.1. The van der Waals surface area contributed by atoms with Gasteiger partial charge in [0.05, 0.1) is 13.1 Å². The maximum atomic E-state index is 8.77. The van der Waals surface area contributed by atoms with Crippen LogP contribution in [-0.2, 0) is 0 Å². The molecule has 0 amide bonds. The fraction of sp³-hybridized carbons (Fsp3) is 0. The highest BCUT2D eigenvalue weighted by atomic mass is 79.9. The Bertz CT molecular complexity index is 4230. The van der Waals surface area contributed by atoms with E-state index in [0.717, 1.165) is 69.1 Å². The first kappa shape index (κ1) is 75.0. The van der Waals surface area contributed by atoms with Gasteiger partial charge in [-0.05, 0) is 133 Å². The standard InChI is InChI=1S/C19H17N5.C19H11N3.C12H7BrN2.C7H6BNO2.C6H6BBrO2.C6H3BrN2.2ClH/c20-18(21)15-7-5-13(6-8-15)12-1-3-14(4-2-12)16-9-10-17(19(22)23)24-11-16;1-21-18-9-6-15(7-10-18)14-2-4-16(5-3-14)17-8-11-19(12-20)22-13-17;13-11-4-1-9(2-5-11)10-3-6-12(7-14)15-8-10;1-9-7-4-2-6(3-5-7)8(10)11;8-6-3-1-5(2-4-6)7(9)10;7-5-1-2-6(3-8)9-4-5;;/h1-11H,(H3,20,21)(H3,22,23);2-11,13H;1-6,8H;2-5,10-11H;1-4,9-10H;1-2,4H;2*1H. The molecular formula is C69H52B2Br3Cl2N13O4. The lowest BCUT2D eigenvalue weighted by Crippen LogP contribution is -2.29. The highest BCUT2D eigenvalue weighted by Crippen LogP contribution is 2.28. The number of nitrogens with one attached hydrogen (secondary N) is 2. The molecule has 0 atom stereocenters. The first-order valence-corrected chi connectivity index (χ1v) is 29.2. The summed E-state index contributed by atoms with van der Waals surface area (Å²) < 4.78 is 2.87. The Morgan fingerprint density at radius 2 is 0.634 bits per heavy atom. The van der Waals surface area contributed by atoms with Crippen LogP contribution in [0.5, 0.6) is 0 Å². The number of nitrogens with two attached hydrogens (primary N) is 2. The van der Waals surface area contributed by atoms with Crippen molar-refractivity contribution in [1.82, 2.24) is 19.9 Å². The number of hydrogen-bond acceptors (Lipinski definition) is 13. The number of nitrogens with zero attached hydrogens (tertiary/aromatic N) is 9. The van der Waals surface area contributed by atoms with Crippen LogP contribution in [0, 0.1) is 58.0 Å². The van der Waals surface area contributed by atoms with Gasteiger partial charge in [-0.2, -0.15) is 15.8 Å². The minimum atomic E-state index is -1.45. The first-order valence-electron chi connectivity index (χ1n) is 26.8. The van der Waals surface area contributed by atoms with E-state index in [9.17, 15) is 0 Å². The van der Waals surface area contributed by atoms with Crippen molar-refractivity contribution in [3.8, 4) is 73.8 Å². The van der Waals surface area contributed by atoms with Crippen LogP contribution in [0.2, 0.25) is 0 Å². The predicted octanol–water partition coefficient (Wildman–Crippen LogP) is 13.8. The lowest BCUT2D eigenvalue weighted by Gasteiger charge is -2.06. The molecule has 0 saturated heterocycles. The molecule has 7 aromatic carbocycles. The average molecular weight is 1460 g/mol. The van der Waals surface area contributed by atoms with Crippen molar-refractivity contribution >= 4 is 121 Å². The number of rotatable bonds is 9. The Hall–Kier alpha value is -10.5. The zero-order chi connectivity index (χ0) is 65.7. The molecule has 0 fully saturated rings. The number of pyridine rings is 4. The molecule has 0 aliphatic carbocycles. The number of amidine groups is 2. The molecule has 458 valence electrons. The van der Waals surface area contributed by atoms with E-state index < -0.39 is 14.2 Å². The fourth-order valence-corrected chi connectivity index (χ4v) is 8.47. The van der Waals surface area contributed by atoms with E-state index in [2.05, 4.69) is 77.4 Å². The van der Waals surface area contributed by atoms with Crippen molar-refractivity contribution in [3.05, 3.63) is 308 Å². The van der Waals surface area contributed by atoms with Crippen LogP contribution < -0.4 is 22.4 Å². The molecular weight excluding hydrogens is 1410 g/mol. The van der Waals surface area contributed by atoms with Gasteiger partial charge < -0.3 is 31.6 Å². The maximum absolute atomic E-state index is 8.77. The molecule has 0 unspecified atom stereocenters. The highest BCUT2D eigenvalue weighted by molar-refractivity contribution is 9.11. The number of nitrogen functional groups attached to an aromatic ring is 2. The van der Waals surface area contributed by atoms with E-state index in [-0.39, 0.29) is 36.5 Å². The van der Waals surface area contributed by atoms with Gasteiger partial charge >= 0.3 is 14.2 Å². The Morgan fingerprint density at radius 3 is 0.925 bits per heavy atom. The lowest BCUT2D eigenvalue weighted by atomic mass is 9.80. The molecule has 10 N–H and O–H groups in total. The summed E-state index contributed by atoms with van der Waals surface area (Å²) in [5.41, 5.74) is 25.9. The molecule has 0 spiro atoms. The zero-order valence-electron chi connectivity index (χ0n) is 48.7. The molecule has 24 heteroatoms. The third kappa shape index (κ3) is 24.3. The molecule has 0 aliphatic rings. The van der Waals surface area contributed by atoms with Crippen LogP contribution in [0.25, 0.3) is 65.3 Å². The van der Waals surface area contributed by atoms with E-state index in [1.54, 1.807) is 91.5 Å². The van der Waals surface area contributed by atoms with Crippen LogP contribution in [-0.4, -0.2) is 65.9 Å². The SMILES string of the molecule is Cl.Cl.N#Cc1ccc(-c2ccc(Br)cc2)cn1.N#Cc1ccc(Br)cn1.N=C(N)c1ccc(-c2ccc(-c3ccc(C(=N)N)nc3)cc2)cc1.OB(O)c1ccc(Br)cc1.[C-]#[N+]c1ccc(-c2ccc(-c3ccc(C#N)nc3)cc2)cc1.[C-]#[N+]c1ccc(B(O)O)cc1. The summed E-state index contributed by atoms with van der Waals surface area (Å²) in [6, 6.07) is 72.5. The summed E-state index contributed by atoms with van der Waals surface area (Å²) in [5.74, 6) is 0.0318. The largest absolute Gasteiger partial charge is 0.488 e. The summed E-state index contributed by atoms with van der Waals surface area (Å²) in [4.78, 5) is 22.6. The normalized spacial score (nSPS) is 9.40. The van der Waals surface area contributed by atoms with Crippen molar-refractivity contribution in [2.24, 2.45) is 11.5 Å². The summed E-state index contributed by atoms with van der Waals surface area (Å²) >= 11 is 9.82. The molecule has 93 heavy (non-hydrogen) atoms. The molecule has 11 rings (SSSR count). The van der Waals surface area contributed by atoms with Crippen LogP contribution in [0.4, 0.5) is 11.4 Å². The van der Waals surface area contributed by atoms with Crippen molar-refractivity contribution in [1.29, 1.82) is 26.6 Å². The zero-order valence-corrected chi connectivity index (χ0v) is 55.1. The minimum absolute atomic E-state index is 0. The topological polar surface area (TPSA) is 312 Å². The quantitative estimate of drug-likeness (QED) is 0.0289. The van der Waals surface area contributed by atoms with Gasteiger partial charge in [-0.1, -0.05) is 184 Å². The predicted molar refractivity (Wildman–Crippen MR) is 383 cm³/mol. The smallest absolute Gasteiger partial charge is 0.423 e. The molecule has 17 nitrogen and oxygen atoms in total. The van der Waals surface area contributed by atoms with Gasteiger partial charge in [0.2, 0.25) is 0 Å². The fourth-order valence-electron chi connectivity index (χ4n) is 7.71. The summed E-state index contributed by atoms with van der Waals surface area (Å²) in [6.45, 7) is 13.6. The van der Waals surface area contributed by atoms with Crippen LogP contribution in [0.15, 0.2) is 257 Å². The van der Waals surface area contributed by atoms with Crippen molar-refractivity contribution < 1.29 is 20.1 Å². The average Bonchev–Trinajstić information content (AvgIpc) is 1.44. The van der Waals surface area contributed by atoms with Gasteiger partial charge in [0.25, 0.3) is 0 Å². The summed E-state index contributed by atoms with van der Waals surface area (Å²) in [6.07, 6.45) is 6.73. The van der Waals surface area contributed by atoms with Crippen molar-refractivity contribution in [2.75, 3.05) is 0 Å². The van der Waals surface area contributed by atoms with Gasteiger partial charge in [0, 0.05) is 60.5 Å². The Labute approximate surface area is 576 Å². The Balaban J connectivity index is 0.000000246. The molecule has 0 radical (unpaired) electrons. The molecule has 0 aliphatic heterocycles. The monoisotopic (exact) mass is 1460 g/mol. The molecule has 0 bridgehead atoms. The third-order valence-electron chi connectivity index (χ3n) is 12.6. The Morgan fingerprint density at radius 1 is 0.366 bits per heavy atom. The lowest BCUT2D eigenvalue weighted by molar-refractivity contribution is 0.424. The van der Waals surface area contributed by atoms with Crippen LogP contribution in [0.3, 0.4) is 0 Å². The first-order chi connectivity index (χ1) is 43.9. The maximum Gasteiger partial charge on any atom is 0.488 e. The number of hydrogen-bond donors (Lipinski definition) is 8. The van der Waals surface area contributed by atoms with Gasteiger partial charge in [-0.25, -0.2) is 24.6 Å². The second kappa shape index (κ2) is 38.9. The second-order valence-electron chi connectivity index (χ2n) is 18.7. The van der Waals surface area contributed by atoms with E-state index in [1.807, 2.05) is 158 Å². The van der Waals surface area contributed by atoms with Gasteiger partial charge in [-0.3, -0.25) is 15.8 Å². The van der Waals surface area contributed by atoms with Crippen molar-refractivity contribution in [2.45, 2.75) is 0 Å². The molecule has 4 aromatic heterocycles. The number of halogens is 5. The number of benzene rings is 7. The highest BCUT2D eigenvalue weighted by Gasteiger charge is 2.11. The van der Waals surface area contributed by atoms with E-state index in [1.165, 1.54) is 12.1 Å². The van der Waals surface area contributed by atoms with Gasteiger partial charge in [0.15, 0.2) is 11.4 Å². The number of aromatic nitrogens is 4. The van der Waals surface area contributed by atoms with Gasteiger partial charge in [0.1, 0.15) is 52.7 Å². The van der Waals surface area contributed by atoms with Gasteiger partial charge in [-0.15, -0.1) is 24.8 Å².